The predicted molar refractivity (Wildman–Crippen MR) is 67.1 cm³/mol. The molecule has 0 radical (unpaired) electrons. The van der Waals surface area contributed by atoms with Crippen LogP contribution in [0.3, 0.4) is 0 Å². The van der Waals surface area contributed by atoms with E-state index in [1.165, 1.54) is 12.1 Å². The Hall–Kier alpha value is -0.680. The Bertz CT molecular complexity index is 412. The molecule has 94 valence electrons. The van der Waals surface area contributed by atoms with E-state index in [4.69, 9.17) is 44.6 Å². The minimum atomic E-state index is -0.360. The summed E-state index contributed by atoms with van der Waals surface area (Å²) in [5.41, 5.74) is 0. The summed E-state index contributed by atoms with van der Waals surface area (Å²) in [6, 6.07) is 2.87. The van der Waals surface area contributed by atoms with Gasteiger partial charge in [0, 0.05) is 12.6 Å². The maximum absolute atomic E-state index is 11.2. The van der Waals surface area contributed by atoms with Crippen molar-refractivity contribution >= 4 is 40.7 Å². The number of aliphatic hydroxyl groups excluding tert-OH is 1. The molecule has 0 saturated heterocycles. The van der Waals surface area contributed by atoms with E-state index in [1.54, 1.807) is 0 Å². The van der Waals surface area contributed by atoms with E-state index in [1.807, 2.05) is 0 Å². The summed E-state index contributed by atoms with van der Waals surface area (Å²) in [4.78, 5) is 11.2. The van der Waals surface area contributed by atoms with Crippen LogP contribution < -0.4 is 10.1 Å². The Morgan fingerprint density at radius 1 is 1.24 bits per heavy atom. The third-order valence-electron chi connectivity index (χ3n) is 1.77. The standard InChI is InChI=1S/C10H10Cl3NO3/c11-6-3-8(13)9(4-7(6)12)17-5-10(16)14-1-2-15/h3-4,15H,1-2,5H2,(H,14,16). The van der Waals surface area contributed by atoms with Gasteiger partial charge in [0.05, 0.1) is 21.7 Å². The summed E-state index contributed by atoms with van der Waals surface area (Å²) in [5, 5.41) is 11.8. The third-order valence-corrected chi connectivity index (χ3v) is 2.79. The van der Waals surface area contributed by atoms with Crippen molar-refractivity contribution in [3.63, 3.8) is 0 Å². The van der Waals surface area contributed by atoms with E-state index in [9.17, 15) is 4.79 Å². The zero-order valence-corrected chi connectivity index (χ0v) is 10.9. The van der Waals surface area contributed by atoms with E-state index in [2.05, 4.69) is 5.32 Å². The van der Waals surface area contributed by atoms with Crippen molar-refractivity contribution in [1.29, 1.82) is 0 Å². The number of benzene rings is 1. The number of halogens is 3. The fraction of sp³-hybridized carbons (Fsp3) is 0.300. The maximum Gasteiger partial charge on any atom is 0.258 e. The molecule has 0 aliphatic rings. The van der Waals surface area contributed by atoms with Crippen LogP contribution in [0.2, 0.25) is 15.1 Å². The molecule has 0 bridgehead atoms. The lowest BCUT2D eigenvalue weighted by Gasteiger charge is -2.09. The Balaban J connectivity index is 2.57. The summed E-state index contributed by atoms with van der Waals surface area (Å²) in [7, 11) is 0. The summed E-state index contributed by atoms with van der Waals surface area (Å²) >= 11 is 17.4. The Labute approximate surface area is 113 Å². The molecule has 0 aliphatic heterocycles. The first-order valence-corrected chi connectivity index (χ1v) is 5.83. The minimum Gasteiger partial charge on any atom is -0.482 e. The fourth-order valence-corrected chi connectivity index (χ4v) is 1.60. The second-order valence-electron chi connectivity index (χ2n) is 3.06. The first-order valence-electron chi connectivity index (χ1n) is 4.69. The number of amides is 1. The monoisotopic (exact) mass is 297 g/mol. The topological polar surface area (TPSA) is 58.6 Å². The highest BCUT2D eigenvalue weighted by molar-refractivity contribution is 6.43. The summed E-state index contributed by atoms with van der Waals surface area (Å²) in [6.07, 6.45) is 0. The van der Waals surface area contributed by atoms with Crippen LogP contribution in [-0.2, 0) is 4.79 Å². The van der Waals surface area contributed by atoms with Gasteiger partial charge >= 0.3 is 0 Å². The quantitative estimate of drug-likeness (QED) is 0.819. The normalized spacial score (nSPS) is 10.1. The van der Waals surface area contributed by atoms with Crippen LogP contribution >= 0.6 is 34.8 Å². The number of aliphatic hydroxyl groups is 1. The van der Waals surface area contributed by atoms with E-state index in [-0.39, 0.29) is 36.4 Å². The van der Waals surface area contributed by atoms with Crippen LogP contribution in [0.4, 0.5) is 0 Å². The van der Waals surface area contributed by atoms with Crippen LogP contribution in [0, 0.1) is 0 Å². The summed E-state index contributed by atoms with van der Waals surface area (Å²) in [5.74, 6) is -0.0820. The molecule has 2 N–H and O–H groups in total. The first kappa shape index (κ1) is 14.4. The third kappa shape index (κ3) is 4.60. The van der Waals surface area contributed by atoms with Crippen LogP contribution in [0.15, 0.2) is 12.1 Å². The molecule has 1 aromatic carbocycles. The lowest BCUT2D eigenvalue weighted by atomic mass is 10.3. The minimum absolute atomic E-state index is 0.126. The lowest BCUT2D eigenvalue weighted by molar-refractivity contribution is -0.123. The number of rotatable bonds is 5. The van der Waals surface area contributed by atoms with Gasteiger partial charge in [-0.1, -0.05) is 34.8 Å². The van der Waals surface area contributed by atoms with E-state index >= 15 is 0 Å². The second-order valence-corrected chi connectivity index (χ2v) is 4.28. The van der Waals surface area contributed by atoms with Gasteiger partial charge in [-0.25, -0.2) is 0 Å². The zero-order chi connectivity index (χ0) is 12.8. The molecular formula is C10H10Cl3NO3. The molecule has 0 atom stereocenters. The Morgan fingerprint density at radius 2 is 1.88 bits per heavy atom. The van der Waals surface area contributed by atoms with Gasteiger partial charge in [0.1, 0.15) is 5.75 Å². The van der Waals surface area contributed by atoms with Gasteiger partial charge in [-0.15, -0.1) is 0 Å². The molecule has 0 saturated carbocycles. The van der Waals surface area contributed by atoms with Gasteiger partial charge in [-0.05, 0) is 6.07 Å². The highest BCUT2D eigenvalue weighted by Gasteiger charge is 2.09. The van der Waals surface area contributed by atoms with Crippen molar-refractivity contribution in [3.05, 3.63) is 27.2 Å². The average Bonchev–Trinajstić information content (AvgIpc) is 2.29. The maximum atomic E-state index is 11.2. The number of carbonyl (C=O) groups excluding carboxylic acids is 1. The molecule has 0 aliphatic carbocycles. The predicted octanol–water partition coefficient (Wildman–Crippen LogP) is 2.13. The van der Waals surface area contributed by atoms with Crippen molar-refractivity contribution < 1.29 is 14.6 Å². The molecule has 1 rings (SSSR count). The average molecular weight is 299 g/mol. The Morgan fingerprint density at radius 3 is 2.53 bits per heavy atom. The molecule has 0 spiro atoms. The van der Waals surface area contributed by atoms with Gasteiger partial charge in [0.15, 0.2) is 6.61 Å². The highest BCUT2D eigenvalue weighted by atomic mass is 35.5. The largest absolute Gasteiger partial charge is 0.482 e. The van der Waals surface area contributed by atoms with Crippen molar-refractivity contribution in [1.82, 2.24) is 5.32 Å². The molecule has 0 aromatic heterocycles. The van der Waals surface area contributed by atoms with Gasteiger partial charge in [0.25, 0.3) is 5.91 Å². The van der Waals surface area contributed by atoms with E-state index in [0.717, 1.165) is 0 Å². The second kappa shape index (κ2) is 6.91. The smallest absolute Gasteiger partial charge is 0.258 e. The van der Waals surface area contributed by atoms with Crippen molar-refractivity contribution in [2.45, 2.75) is 0 Å². The number of hydrogen-bond donors (Lipinski definition) is 2. The highest BCUT2D eigenvalue weighted by Crippen LogP contribution is 2.33. The van der Waals surface area contributed by atoms with Crippen LogP contribution in [0.25, 0.3) is 0 Å². The molecule has 17 heavy (non-hydrogen) atoms. The molecule has 4 nitrogen and oxygen atoms in total. The van der Waals surface area contributed by atoms with Crippen molar-refractivity contribution in [2.75, 3.05) is 19.8 Å². The lowest BCUT2D eigenvalue weighted by Crippen LogP contribution is -2.31. The number of nitrogens with one attached hydrogen (secondary N) is 1. The van der Waals surface area contributed by atoms with E-state index < -0.39 is 0 Å². The number of carbonyl (C=O) groups is 1. The Kier molecular flexibility index (Phi) is 5.85. The molecule has 0 fully saturated rings. The number of hydrogen-bond acceptors (Lipinski definition) is 3. The van der Waals surface area contributed by atoms with Gasteiger partial charge in [0.2, 0.25) is 0 Å². The molecular weight excluding hydrogens is 288 g/mol. The van der Waals surface area contributed by atoms with Gasteiger partial charge in [-0.2, -0.15) is 0 Å². The molecule has 0 heterocycles. The zero-order valence-electron chi connectivity index (χ0n) is 8.67. The van der Waals surface area contributed by atoms with E-state index in [0.29, 0.717) is 10.0 Å². The molecule has 1 amide bonds. The van der Waals surface area contributed by atoms with Crippen LogP contribution in [0.1, 0.15) is 0 Å². The van der Waals surface area contributed by atoms with Crippen LogP contribution in [-0.4, -0.2) is 30.8 Å². The first-order chi connectivity index (χ1) is 8.04. The summed E-state index contributed by atoms with van der Waals surface area (Å²) < 4.78 is 5.16. The molecule has 7 heteroatoms. The number of ether oxygens (including phenoxy) is 1. The van der Waals surface area contributed by atoms with Crippen molar-refractivity contribution in [3.8, 4) is 5.75 Å². The SMILES string of the molecule is O=C(COc1cc(Cl)c(Cl)cc1Cl)NCCO. The summed E-state index contributed by atoms with van der Waals surface area (Å²) in [6.45, 7) is -0.158. The van der Waals surface area contributed by atoms with Crippen molar-refractivity contribution in [2.24, 2.45) is 0 Å². The molecule has 0 unspecified atom stereocenters. The van der Waals surface area contributed by atoms with Gasteiger partial charge < -0.3 is 15.2 Å². The molecule has 1 aromatic rings. The van der Waals surface area contributed by atoms with Gasteiger partial charge in [-0.3, -0.25) is 4.79 Å². The van der Waals surface area contributed by atoms with Crippen LogP contribution in [0.5, 0.6) is 5.75 Å². The fourth-order valence-electron chi connectivity index (χ4n) is 1.00.